The van der Waals surface area contributed by atoms with Crippen LogP contribution in [0.1, 0.15) is 11.1 Å². The fourth-order valence-corrected chi connectivity index (χ4v) is 4.50. The molecule has 1 aliphatic rings. The number of rotatable bonds is 5. The highest BCUT2D eigenvalue weighted by Gasteiger charge is 2.31. The van der Waals surface area contributed by atoms with Gasteiger partial charge in [0, 0.05) is 53.5 Å². The van der Waals surface area contributed by atoms with E-state index in [2.05, 4.69) is 21.4 Å². The molecule has 7 nitrogen and oxygen atoms in total. The fraction of sp³-hybridized carbons (Fsp3) is 0.120. The Hall–Kier alpha value is -4.22. The standard InChI is InChI=1S/C25H20N6OS/c1-17-7-8-21(31-11-10-30(25(31)32)20-6-2-4-18(12-20)14-26)13-22(17)28-24-29-23(16-33-24)19-5-3-9-27-15-19/h2-9,12-13,15-16H,10-11H2,1H3,(H,28,29). The third-order valence-electron chi connectivity index (χ3n) is 5.53. The van der Waals surface area contributed by atoms with Crippen LogP contribution in [0.3, 0.4) is 0 Å². The van der Waals surface area contributed by atoms with Gasteiger partial charge in [0.25, 0.3) is 0 Å². The van der Waals surface area contributed by atoms with Gasteiger partial charge in [-0.15, -0.1) is 11.3 Å². The first-order valence-electron chi connectivity index (χ1n) is 10.5. The second-order valence-corrected chi connectivity index (χ2v) is 8.51. The monoisotopic (exact) mass is 452 g/mol. The van der Waals surface area contributed by atoms with Crippen molar-refractivity contribution in [3.63, 3.8) is 0 Å². The summed E-state index contributed by atoms with van der Waals surface area (Å²) in [6.45, 7) is 3.15. The van der Waals surface area contributed by atoms with E-state index < -0.39 is 0 Å². The summed E-state index contributed by atoms with van der Waals surface area (Å²) in [5.41, 5.74) is 5.88. The van der Waals surface area contributed by atoms with Crippen molar-refractivity contribution in [2.75, 3.05) is 28.2 Å². The smallest absolute Gasteiger partial charge is 0.329 e. The fourth-order valence-electron chi connectivity index (χ4n) is 3.77. The highest BCUT2D eigenvalue weighted by molar-refractivity contribution is 7.14. The zero-order valence-electron chi connectivity index (χ0n) is 17.9. The molecule has 0 atom stereocenters. The van der Waals surface area contributed by atoms with Gasteiger partial charge in [-0.2, -0.15) is 5.26 Å². The van der Waals surface area contributed by atoms with E-state index in [1.54, 1.807) is 40.4 Å². The summed E-state index contributed by atoms with van der Waals surface area (Å²) >= 11 is 1.52. The SMILES string of the molecule is Cc1ccc(N2CCN(c3cccc(C#N)c3)C2=O)cc1Nc1nc(-c2cccnc2)cs1. The van der Waals surface area contributed by atoms with Crippen LogP contribution in [0.2, 0.25) is 0 Å². The number of hydrogen-bond donors (Lipinski definition) is 1. The van der Waals surface area contributed by atoms with Crippen LogP contribution >= 0.6 is 11.3 Å². The van der Waals surface area contributed by atoms with Crippen LogP contribution in [0.15, 0.2) is 72.4 Å². The molecule has 1 N–H and O–H groups in total. The van der Waals surface area contributed by atoms with E-state index >= 15 is 0 Å². The number of benzene rings is 2. The molecule has 0 spiro atoms. The second-order valence-electron chi connectivity index (χ2n) is 7.65. The minimum absolute atomic E-state index is 0.104. The van der Waals surface area contributed by atoms with Gasteiger partial charge in [-0.05, 0) is 55.0 Å². The number of nitrogens with one attached hydrogen (secondary N) is 1. The molecule has 2 aromatic heterocycles. The summed E-state index contributed by atoms with van der Waals surface area (Å²) in [6.07, 6.45) is 3.53. The van der Waals surface area contributed by atoms with Gasteiger partial charge in [0.1, 0.15) is 0 Å². The second kappa shape index (κ2) is 8.73. The quantitative estimate of drug-likeness (QED) is 0.428. The lowest BCUT2D eigenvalue weighted by Gasteiger charge is -2.20. The molecule has 0 radical (unpaired) electrons. The number of nitrogens with zero attached hydrogens (tertiary/aromatic N) is 5. The summed E-state index contributed by atoms with van der Waals surface area (Å²) < 4.78 is 0. The lowest BCUT2D eigenvalue weighted by atomic mass is 10.1. The number of thiazole rings is 1. The van der Waals surface area contributed by atoms with Gasteiger partial charge in [-0.25, -0.2) is 9.78 Å². The topological polar surface area (TPSA) is 85.2 Å². The van der Waals surface area contributed by atoms with Gasteiger partial charge >= 0.3 is 6.03 Å². The molecular weight excluding hydrogens is 432 g/mol. The van der Waals surface area contributed by atoms with Crippen molar-refractivity contribution in [1.29, 1.82) is 5.26 Å². The Morgan fingerprint density at radius 3 is 2.64 bits per heavy atom. The summed E-state index contributed by atoms with van der Waals surface area (Å²) in [5.74, 6) is 0. The van der Waals surface area contributed by atoms with Crippen LogP contribution in [-0.4, -0.2) is 29.1 Å². The van der Waals surface area contributed by atoms with Crippen LogP contribution in [0.25, 0.3) is 11.3 Å². The number of anilines is 4. The Morgan fingerprint density at radius 2 is 1.88 bits per heavy atom. The lowest BCUT2D eigenvalue weighted by molar-refractivity contribution is 0.256. The third kappa shape index (κ3) is 4.14. The van der Waals surface area contributed by atoms with Crippen molar-refractivity contribution in [3.05, 3.63) is 83.5 Å². The minimum Gasteiger partial charge on any atom is -0.331 e. The Balaban J connectivity index is 1.36. The van der Waals surface area contributed by atoms with Gasteiger partial charge in [0.05, 0.1) is 17.3 Å². The zero-order chi connectivity index (χ0) is 22.8. The number of amides is 2. The van der Waals surface area contributed by atoms with Gasteiger partial charge in [-0.3, -0.25) is 14.8 Å². The van der Waals surface area contributed by atoms with Crippen LogP contribution < -0.4 is 15.1 Å². The normalized spacial score (nSPS) is 13.3. The molecule has 2 amide bonds. The van der Waals surface area contributed by atoms with Crippen LogP contribution in [0.5, 0.6) is 0 Å². The number of nitriles is 1. The van der Waals surface area contributed by atoms with Crippen molar-refractivity contribution in [2.24, 2.45) is 0 Å². The Morgan fingerprint density at radius 1 is 1.06 bits per heavy atom. The molecule has 1 saturated heterocycles. The maximum Gasteiger partial charge on any atom is 0.329 e. The average molecular weight is 453 g/mol. The van der Waals surface area contributed by atoms with E-state index in [9.17, 15) is 4.79 Å². The van der Waals surface area contributed by atoms with E-state index in [4.69, 9.17) is 5.26 Å². The van der Waals surface area contributed by atoms with Crippen molar-refractivity contribution < 1.29 is 4.79 Å². The number of pyridine rings is 1. The average Bonchev–Trinajstić information content (AvgIpc) is 3.48. The number of carbonyl (C=O) groups excluding carboxylic acids is 1. The van der Waals surface area contributed by atoms with Crippen LogP contribution in [0.4, 0.5) is 27.0 Å². The molecule has 2 aromatic carbocycles. The summed E-state index contributed by atoms with van der Waals surface area (Å²) in [5, 5.41) is 15.3. The maximum atomic E-state index is 13.2. The molecule has 0 saturated carbocycles. The Bertz CT molecular complexity index is 1360. The first kappa shape index (κ1) is 20.7. The Kier molecular flexibility index (Phi) is 5.47. The number of aromatic nitrogens is 2. The lowest BCUT2D eigenvalue weighted by Crippen LogP contribution is -2.31. The molecule has 8 heteroatoms. The third-order valence-corrected chi connectivity index (χ3v) is 6.29. The van der Waals surface area contributed by atoms with E-state index in [-0.39, 0.29) is 6.03 Å². The molecule has 1 aliphatic heterocycles. The highest BCUT2D eigenvalue weighted by Crippen LogP contribution is 2.32. The molecule has 5 rings (SSSR count). The first-order valence-corrected chi connectivity index (χ1v) is 11.3. The van der Waals surface area contributed by atoms with Crippen molar-refractivity contribution >= 4 is 39.6 Å². The molecule has 33 heavy (non-hydrogen) atoms. The van der Waals surface area contributed by atoms with Gasteiger partial charge in [0.2, 0.25) is 0 Å². The van der Waals surface area contributed by atoms with E-state index in [0.717, 1.165) is 39.0 Å². The molecule has 162 valence electrons. The van der Waals surface area contributed by atoms with Crippen molar-refractivity contribution in [3.8, 4) is 17.3 Å². The summed E-state index contributed by atoms with van der Waals surface area (Å²) in [4.78, 5) is 25.4. The van der Waals surface area contributed by atoms with Crippen molar-refractivity contribution in [2.45, 2.75) is 6.92 Å². The highest BCUT2D eigenvalue weighted by atomic mass is 32.1. The molecule has 0 aliphatic carbocycles. The number of carbonyl (C=O) groups is 1. The predicted molar refractivity (Wildman–Crippen MR) is 131 cm³/mol. The maximum absolute atomic E-state index is 13.2. The van der Waals surface area contributed by atoms with E-state index in [0.29, 0.717) is 18.7 Å². The molecule has 0 unspecified atom stereocenters. The molecule has 4 aromatic rings. The van der Waals surface area contributed by atoms with E-state index in [1.165, 1.54) is 11.3 Å². The van der Waals surface area contributed by atoms with Gasteiger partial charge in [-0.1, -0.05) is 12.1 Å². The summed E-state index contributed by atoms with van der Waals surface area (Å²) in [7, 11) is 0. The van der Waals surface area contributed by atoms with Crippen LogP contribution in [-0.2, 0) is 0 Å². The number of aryl methyl sites for hydroxylation is 1. The molecule has 0 bridgehead atoms. The molecule has 1 fully saturated rings. The summed E-state index contributed by atoms with van der Waals surface area (Å²) in [6, 6.07) is 19.0. The van der Waals surface area contributed by atoms with Gasteiger partial charge < -0.3 is 5.32 Å². The largest absolute Gasteiger partial charge is 0.331 e. The molecule has 3 heterocycles. The molecular formula is C25H20N6OS. The minimum atomic E-state index is -0.104. The first-order chi connectivity index (χ1) is 16.1. The zero-order valence-corrected chi connectivity index (χ0v) is 18.7. The number of urea groups is 1. The number of hydrogen-bond acceptors (Lipinski definition) is 6. The Labute approximate surface area is 195 Å². The van der Waals surface area contributed by atoms with Crippen LogP contribution in [0, 0.1) is 18.3 Å². The van der Waals surface area contributed by atoms with Crippen molar-refractivity contribution in [1.82, 2.24) is 9.97 Å². The predicted octanol–water partition coefficient (Wildman–Crippen LogP) is 5.58. The van der Waals surface area contributed by atoms with Gasteiger partial charge in [0.15, 0.2) is 5.13 Å². The van der Waals surface area contributed by atoms with E-state index in [1.807, 2.05) is 48.7 Å².